The third-order valence-electron chi connectivity index (χ3n) is 3.47. The topological polar surface area (TPSA) is 80.0 Å². The van der Waals surface area contributed by atoms with Gasteiger partial charge in [0.05, 0.1) is 28.8 Å². The van der Waals surface area contributed by atoms with Crippen LogP contribution in [0.25, 0.3) is 11.0 Å². The number of hydrogen-bond acceptors (Lipinski definition) is 4. The van der Waals surface area contributed by atoms with Gasteiger partial charge in [0.15, 0.2) is 5.82 Å². The number of fused-ring (bicyclic) bond motifs is 1. The zero-order valence-corrected chi connectivity index (χ0v) is 12.1. The molecule has 0 aliphatic heterocycles. The molecule has 1 amide bonds. The van der Waals surface area contributed by atoms with Crippen molar-refractivity contribution in [1.82, 2.24) is 20.0 Å². The number of carbonyl (C=O) groups excluding carboxylic acids is 1. The fourth-order valence-electron chi connectivity index (χ4n) is 2.35. The molecule has 0 radical (unpaired) electrons. The first-order valence-electron chi connectivity index (χ1n) is 6.83. The molecule has 0 unspecified atom stereocenters. The van der Waals surface area contributed by atoms with Crippen molar-refractivity contribution in [3.63, 3.8) is 0 Å². The Bertz CT molecular complexity index is 911. The first-order valence-corrected chi connectivity index (χ1v) is 6.83. The van der Waals surface area contributed by atoms with E-state index >= 15 is 0 Å². The second-order valence-corrected chi connectivity index (χ2v) is 4.94. The Balaban J connectivity index is 2.04. The summed E-state index contributed by atoms with van der Waals surface area (Å²) in [4.78, 5) is 18.9. The molecule has 0 fully saturated rings. The van der Waals surface area contributed by atoms with E-state index in [1.807, 2.05) is 0 Å². The molecular formula is C15H11F3N4O2. The van der Waals surface area contributed by atoms with E-state index in [0.717, 1.165) is 12.3 Å². The molecule has 9 heteroatoms. The molecule has 0 aliphatic carbocycles. The number of hydrogen-bond donors (Lipinski definition) is 2. The molecule has 2 aromatic heterocycles. The van der Waals surface area contributed by atoms with Gasteiger partial charge in [0.2, 0.25) is 0 Å². The van der Waals surface area contributed by atoms with Crippen LogP contribution in [-0.2, 0) is 6.54 Å². The second-order valence-electron chi connectivity index (χ2n) is 4.94. The second kappa shape index (κ2) is 6.28. The Hall–Kier alpha value is -2.94. The number of rotatable bonds is 4. The van der Waals surface area contributed by atoms with E-state index in [4.69, 9.17) is 5.21 Å². The SMILES string of the molecule is O=C(NO)c1cnc(Cn2c(C(F)F)nc3ccccc32)c(F)c1. The van der Waals surface area contributed by atoms with Crippen molar-refractivity contribution in [3.05, 3.63) is 59.4 Å². The molecule has 2 heterocycles. The maximum absolute atomic E-state index is 14.1. The van der Waals surface area contributed by atoms with Crippen molar-refractivity contribution in [1.29, 1.82) is 0 Å². The number of para-hydroxylation sites is 2. The lowest BCUT2D eigenvalue weighted by Gasteiger charge is -2.09. The van der Waals surface area contributed by atoms with Crippen LogP contribution in [-0.4, -0.2) is 25.6 Å². The maximum atomic E-state index is 14.1. The van der Waals surface area contributed by atoms with E-state index in [2.05, 4.69) is 9.97 Å². The van der Waals surface area contributed by atoms with Gasteiger partial charge in [0, 0.05) is 6.20 Å². The summed E-state index contributed by atoms with van der Waals surface area (Å²) < 4.78 is 41.7. The van der Waals surface area contributed by atoms with E-state index in [1.54, 1.807) is 24.3 Å². The van der Waals surface area contributed by atoms with Gasteiger partial charge in [-0.1, -0.05) is 12.1 Å². The van der Waals surface area contributed by atoms with Crippen LogP contribution in [0.2, 0.25) is 0 Å². The normalized spacial score (nSPS) is 11.2. The lowest BCUT2D eigenvalue weighted by Crippen LogP contribution is -2.19. The maximum Gasteiger partial charge on any atom is 0.295 e. The zero-order valence-electron chi connectivity index (χ0n) is 12.1. The molecule has 3 aromatic rings. The summed E-state index contributed by atoms with van der Waals surface area (Å²) in [6.45, 7) is -0.271. The quantitative estimate of drug-likeness (QED) is 0.567. The molecular weight excluding hydrogens is 325 g/mol. The van der Waals surface area contributed by atoms with Gasteiger partial charge in [0.1, 0.15) is 5.82 Å². The average Bonchev–Trinajstić information content (AvgIpc) is 2.95. The Morgan fingerprint density at radius 2 is 2.08 bits per heavy atom. The summed E-state index contributed by atoms with van der Waals surface area (Å²) in [6, 6.07) is 7.37. The van der Waals surface area contributed by atoms with Crippen LogP contribution in [0.3, 0.4) is 0 Å². The molecule has 2 N–H and O–H groups in total. The van der Waals surface area contributed by atoms with Crippen molar-refractivity contribution >= 4 is 16.9 Å². The smallest absolute Gasteiger partial charge is 0.295 e. The van der Waals surface area contributed by atoms with Gasteiger partial charge >= 0.3 is 0 Å². The first-order chi connectivity index (χ1) is 11.5. The molecule has 124 valence electrons. The van der Waals surface area contributed by atoms with Crippen LogP contribution >= 0.6 is 0 Å². The van der Waals surface area contributed by atoms with Crippen molar-refractivity contribution in [2.24, 2.45) is 0 Å². The third-order valence-corrected chi connectivity index (χ3v) is 3.47. The molecule has 1 aromatic carbocycles. The van der Waals surface area contributed by atoms with Crippen LogP contribution in [0.15, 0.2) is 36.5 Å². The number of nitrogens with zero attached hydrogens (tertiary/aromatic N) is 3. The monoisotopic (exact) mass is 336 g/mol. The van der Waals surface area contributed by atoms with Crippen LogP contribution in [0, 0.1) is 5.82 Å². The van der Waals surface area contributed by atoms with Gasteiger partial charge in [-0.3, -0.25) is 15.0 Å². The highest BCUT2D eigenvalue weighted by molar-refractivity contribution is 5.93. The van der Waals surface area contributed by atoms with Gasteiger partial charge in [-0.25, -0.2) is 23.6 Å². The predicted molar refractivity (Wildman–Crippen MR) is 77.2 cm³/mol. The minimum absolute atomic E-state index is 0.130. The minimum atomic E-state index is -2.83. The minimum Gasteiger partial charge on any atom is -0.317 e. The number of hydroxylamine groups is 1. The van der Waals surface area contributed by atoms with Crippen molar-refractivity contribution in [3.8, 4) is 0 Å². The number of imidazole rings is 1. The Labute approximate surface area is 133 Å². The number of pyridine rings is 1. The summed E-state index contributed by atoms with van der Waals surface area (Å²) >= 11 is 0. The van der Waals surface area contributed by atoms with Crippen LogP contribution in [0.4, 0.5) is 13.2 Å². The molecule has 0 spiro atoms. The summed E-state index contributed by atoms with van der Waals surface area (Å²) in [5.41, 5.74) is 1.83. The molecule has 0 atom stereocenters. The van der Waals surface area contributed by atoms with Crippen LogP contribution in [0.5, 0.6) is 0 Å². The summed E-state index contributed by atoms with van der Waals surface area (Å²) in [5, 5.41) is 8.53. The van der Waals surface area contributed by atoms with E-state index < -0.39 is 24.0 Å². The Kier molecular flexibility index (Phi) is 4.17. The first kappa shape index (κ1) is 15.9. The third kappa shape index (κ3) is 2.81. The van der Waals surface area contributed by atoms with Gasteiger partial charge in [0.25, 0.3) is 12.3 Å². The molecule has 24 heavy (non-hydrogen) atoms. The molecule has 0 bridgehead atoms. The van der Waals surface area contributed by atoms with Gasteiger partial charge in [-0.15, -0.1) is 0 Å². The number of aromatic nitrogens is 3. The van der Waals surface area contributed by atoms with E-state index in [9.17, 15) is 18.0 Å². The zero-order chi connectivity index (χ0) is 17.3. The predicted octanol–water partition coefficient (Wildman–Crippen LogP) is 2.68. The van der Waals surface area contributed by atoms with Gasteiger partial charge in [-0.05, 0) is 18.2 Å². The number of nitrogens with one attached hydrogen (secondary N) is 1. The van der Waals surface area contributed by atoms with Gasteiger partial charge in [-0.2, -0.15) is 0 Å². The van der Waals surface area contributed by atoms with Crippen molar-refractivity contribution < 1.29 is 23.2 Å². The number of benzene rings is 1. The number of carbonyl (C=O) groups is 1. The highest BCUT2D eigenvalue weighted by atomic mass is 19.3. The fraction of sp³-hybridized carbons (Fsp3) is 0.133. The fourth-order valence-corrected chi connectivity index (χ4v) is 2.35. The standard InChI is InChI=1S/C15H11F3N4O2/c16-9-5-8(15(23)21-24)6-19-11(9)7-22-12-4-2-1-3-10(12)20-14(22)13(17)18/h1-6,13,24H,7H2,(H,21,23). The molecule has 0 saturated heterocycles. The Morgan fingerprint density at radius 3 is 2.75 bits per heavy atom. The van der Waals surface area contributed by atoms with Crippen molar-refractivity contribution in [2.75, 3.05) is 0 Å². The van der Waals surface area contributed by atoms with E-state index in [1.165, 1.54) is 10.0 Å². The van der Waals surface area contributed by atoms with Crippen molar-refractivity contribution in [2.45, 2.75) is 13.0 Å². The number of amides is 1. The van der Waals surface area contributed by atoms with Gasteiger partial charge < -0.3 is 4.57 Å². The van der Waals surface area contributed by atoms with Crippen LogP contribution < -0.4 is 5.48 Å². The van der Waals surface area contributed by atoms with E-state index in [-0.39, 0.29) is 17.8 Å². The average molecular weight is 336 g/mol. The number of alkyl halides is 2. The molecule has 6 nitrogen and oxygen atoms in total. The summed E-state index contributed by atoms with van der Waals surface area (Å²) in [7, 11) is 0. The highest BCUT2D eigenvalue weighted by Gasteiger charge is 2.20. The highest BCUT2D eigenvalue weighted by Crippen LogP contribution is 2.25. The lowest BCUT2D eigenvalue weighted by atomic mass is 10.2. The summed E-state index contributed by atoms with van der Waals surface area (Å²) in [6.07, 6.45) is -1.79. The molecule has 0 saturated carbocycles. The Morgan fingerprint density at radius 1 is 1.33 bits per heavy atom. The summed E-state index contributed by atoms with van der Waals surface area (Å²) in [5.74, 6) is -2.27. The molecule has 3 rings (SSSR count). The molecule has 0 aliphatic rings. The van der Waals surface area contributed by atoms with E-state index in [0.29, 0.717) is 11.0 Å². The largest absolute Gasteiger partial charge is 0.317 e. The lowest BCUT2D eigenvalue weighted by molar-refractivity contribution is 0.0705. The number of halogens is 3. The van der Waals surface area contributed by atoms with Crippen LogP contribution in [0.1, 0.15) is 28.3 Å².